The van der Waals surface area contributed by atoms with Crippen molar-refractivity contribution in [3.05, 3.63) is 71.8 Å². The number of pyridine rings is 1. The molecule has 1 aromatic carbocycles. The van der Waals surface area contributed by atoms with Crippen LogP contribution < -0.4 is 10.6 Å². The Morgan fingerprint density at radius 1 is 1.07 bits per heavy atom. The number of anilines is 3. The first-order chi connectivity index (χ1) is 20.8. The number of carbonyl (C=O) groups excluding carboxylic acids is 1. The van der Waals surface area contributed by atoms with Crippen LogP contribution in [0.5, 0.6) is 0 Å². The fourth-order valence-corrected chi connectivity index (χ4v) is 6.15. The van der Waals surface area contributed by atoms with Gasteiger partial charge >= 0.3 is 0 Å². The molecule has 2 aromatic heterocycles. The third-order valence-corrected chi connectivity index (χ3v) is 8.04. The Bertz CT molecular complexity index is 1580. The molecule has 12 heteroatoms. The van der Waals surface area contributed by atoms with Gasteiger partial charge in [0.05, 0.1) is 28.2 Å². The molecule has 1 saturated heterocycles. The minimum Gasteiger partial charge on any atom is -0.398 e. The molecule has 1 fully saturated rings. The molecule has 3 aromatic rings. The molecule has 0 aliphatic carbocycles. The number of benzene rings is 1. The van der Waals surface area contributed by atoms with Crippen molar-refractivity contribution in [2.75, 3.05) is 23.7 Å². The summed E-state index contributed by atoms with van der Waals surface area (Å²) in [5.41, 5.74) is 7.75. The predicted molar refractivity (Wildman–Crippen MR) is 166 cm³/mol. The van der Waals surface area contributed by atoms with E-state index in [1.165, 1.54) is 41.6 Å². The van der Waals surface area contributed by atoms with Gasteiger partial charge in [0.1, 0.15) is 29.5 Å². The number of aliphatic hydroxyl groups is 1. The summed E-state index contributed by atoms with van der Waals surface area (Å²) in [6.45, 7) is 16.0. The van der Waals surface area contributed by atoms with Crippen LogP contribution in [-0.4, -0.2) is 73.1 Å². The largest absolute Gasteiger partial charge is 0.398 e. The van der Waals surface area contributed by atoms with Crippen molar-refractivity contribution in [1.29, 1.82) is 0 Å². The number of aliphatic hydroxyl groups excluding tert-OH is 1. The Morgan fingerprint density at radius 2 is 1.68 bits per heavy atom. The van der Waals surface area contributed by atoms with E-state index in [-0.39, 0.29) is 52.6 Å². The van der Waals surface area contributed by atoms with Gasteiger partial charge in [-0.15, -0.1) is 0 Å². The summed E-state index contributed by atoms with van der Waals surface area (Å²) in [6, 6.07) is 4.90. The number of piperazine rings is 1. The van der Waals surface area contributed by atoms with Gasteiger partial charge in [-0.2, -0.15) is 0 Å². The third kappa shape index (κ3) is 5.27. The van der Waals surface area contributed by atoms with Crippen LogP contribution in [0.2, 0.25) is 0 Å². The van der Waals surface area contributed by atoms with Crippen molar-refractivity contribution in [3.63, 3.8) is 0 Å². The highest BCUT2D eigenvalue weighted by atomic mass is 19.1. The highest BCUT2D eigenvalue weighted by Gasteiger charge is 2.40. The summed E-state index contributed by atoms with van der Waals surface area (Å²) in [4.78, 5) is 36.2. The predicted octanol–water partition coefficient (Wildman–Crippen LogP) is 4.93. The number of aromatic nitrogens is 3. The van der Waals surface area contributed by atoms with Crippen molar-refractivity contribution < 1.29 is 18.7 Å². The monoisotopic (exact) mass is 604 g/mol. The summed E-state index contributed by atoms with van der Waals surface area (Å²) in [6.07, 6.45) is 1.27. The summed E-state index contributed by atoms with van der Waals surface area (Å²) in [5, 5.41) is 11.8. The number of halogens is 2. The lowest BCUT2D eigenvalue weighted by Gasteiger charge is -2.46. The molecule has 0 bridgehead atoms. The lowest BCUT2D eigenvalue weighted by molar-refractivity contribution is -0.132. The first-order valence-electron chi connectivity index (χ1n) is 14.7. The molecule has 2 aliphatic rings. The molecular formula is C32H38F2N8O2. The minimum atomic E-state index is -1.50. The normalized spacial score (nSPS) is 20.2. The fourth-order valence-electron chi connectivity index (χ4n) is 6.15. The topological polar surface area (TPSA) is 124 Å². The average Bonchev–Trinajstić information content (AvgIpc) is 2.96. The Morgan fingerprint density at radius 3 is 2.23 bits per heavy atom. The fraction of sp³-hybridized carbons (Fsp3) is 0.406. The second kappa shape index (κ2) is 11.9. The number of hydrogen-bond donors (Lipinski definition) is 2. The second-order valence-electron chi connectivity index (χ2n) is 11.9. The van der Waals surface area contributed by atoms with Gasteiger partial charge in [-0.3, -0.25) is 9.69 Å². The van der Waals surface area contributed by atoms with E-state index in [0.29, 0.717) is 41.6 Å². The SMILES string of the molecule is C=CC(=O)N1[C@H](C)CN(C2=NC(O)N(c3c(C(C)C)ncnc3C(C)C)c3nc(-c4c(N)cccc4F)c(F)cc32)C[C@@H]1C. The zero-order valence-electron chi connectivity index (χ0n) is 25.8. The van der Waals surface area contributed by atoms with Crippen LogP contribution in [-0.2, 0) is 4.79 Å². The van der Waals surface area contributed by atoms with Crippen molar-refractivity contribution in [1.82, 2.24) is 24.8 Å². The standard InChI is InChI=1S/C32H38F2N8O2/c1-8-24(43)41-18(6)13-40(14-19(41)7)30-20-12-22(34)28(25-21(33)10-9-11-23(25)35)38-31(20)42(32(44)39-30)29-26(16(2)3)36-15-37-27(29)17(4)5/h8-12,15-19,32,44H,1,13-14,35H2,2-7H3/t18-,19+,32?. The van der Waals surface area contributed by atoms with Crippen molar-refractivity contribution in [2.45, 2.75) is 71.8 Å². The lowest BCUT2D eigenvalue weighted by atomic mass is 9.99. The number of amides is 1. The Labute approximate surface area is 256 Å². The van der Waals surface area contributed by atoms with Gasteiger partial charge in [-0.05, 0) is 50.0 Å². The van der Waals surface area contributed by atoms with Gasteiger partial charge in [0.15, 0.2) is 5.82 Å². The Kier molecular flexibility index (Phi) is 8.39. The molecule has 5 rings (SSSR count). The molecule has 1 amide bonds. The summed E-state index contributed by atoms with van der Waals surface area (Å²) in [7, 11) is 0. The van der Waals surface area contributed by atoms with Gasteiger partial charge in [-0.1, -0.05) is 40.3 Å². The molecule has 4 heterocycles. The van der Waals surface area contributed by atoms with E-state index in [1.807, 2.05) is 46.4 Å². The van der Waals surface area contributed by atoms with Gasteiger partial charge in [0.2, 0.25) is 12.3 Å². The van der Waals surface area contributed by atoms with Gasteiger partial charge in [0.25, 0.3) is 0 Å². The average molecular weight is 605 g/mol. The number of fused-ring (bicyclic) bond motifs is 1. The molecular weight excluding hydrogens is 566 g/mol. The molecule has 3 N–H and O–H groups in total. The van der Waals surface area contributed by atoms with E-state index in [9.17, 15) is 9.90 Å². The lowest BCUT2D eigenvalue weighted by Crippen LogP contribution is -2.60. The molecule has 10 nitrogen and oxygen atoms in total. The van der Waals surface area contributed by atoms with E-state index < -0.39 is 18.0 Å². The zero-order chi connectivity index (χ0) is 32.0. The quantitative estimate of drug-likeness (QED) is 0.311. The highest BCUT2D eigenvalue weighted by molar-refractivity contribution is 6.06. The Hall–Kier alpha value is -4.45. The number of aliphatic imine (C=N–C) groups is 1. The number of nitrogens with zero attached hydrogens (tertiary/aromatic N) is 7. The summed E-state index contributed by atoms with van der Waals surface area (Å²) >= 11 is 0. The van der Waals surface area contributed by atoms with E-state index in [0.717, 1.165) is 0 Å². The Balaban J connectivity index is 1.76. The zero-order valence-corrected chi connectivity index (χ0v) is 25.8. The molecule has 3 atom stereocenters. The molecule has 232 valence electrons. The maximum atomic E-state index is 16.0. The van der Waals surface area contributed by atoms with Crippen molar-refractivity contribution in [2.24, 2.45) is 4.99 Å². The number of nitrogens with two attached hydrogens (primary N) is 1. The summed E-state index contributed by atoms with van der Waals surface area (Å²) in [5.74, 6) is -1.41. The molecule has 44 heavy (non-hydrogen) atoms. The second-order valence-corrected chi connectivity index (χ2v) is 11.9. The third-order valence-electron chi connectivity index (χ3n) is 8.04. The van der Waals surface area contributed by atoms with Crippen LogP contribution in [0.25, 0.3) is 11.3 Å². The van der Waals surface area contributed by atoms with Crippen LogP contribution in [0.3, 0.4) is 0 Å². The summed E-state index contributed by atoms with van der Waals surface area (Å²) < 4.78 is 31.2. The van der Waals surface area contributed by atoms with Gasteiger partial charge in [-0.25, -0.2) is 28.7 Å². The maximum absolute atomic E-state index is 16.0. The number of rotatable bonds is 5. The molecule has 0 saturated carbocycles. The smallest absolute Gasteiger partial charge is 0.246 e. The van der Waals surface area contributed by atoms with E-state index in [4.69, 9.17) is 5.73 Å². The molecule has 0 spiro atoms. The van der Waals surface area contributed by atoms with Crippen molar-refractivity contribution >= 4 is 28.9 Å². The number of hydrogen-bond acceptors (Lipinski definition) is 9. The molecule has 1 unspecified atom stereocenters. The van der Waals surface area contributed by atoms with Gasteiger partial charge in [0, 0.05) is 30.9 Å². The van der Waals surface area contributed by atoms with Crippen LogP contribution >= 0.6 is 0 Å². The van der Waals surface area contributed by atoms with Crippen LogP contribution in [0.15, 0.2) is 48.2 Å². The first kappa shape index (κ1) is 31.0. The number of amidine groups is 1. The van der Waals surface area contributed by atoms with Crippen LogP contribution in [0.1, 0.15) is 70.3 Å². The first-order valence-corrected chi connectivity index (χ1v) is 14.7. The number of nitrogen functional groups attached to an aromatic ring is 1. The number of carbonyl (C=O) groups is 1. The van der Waals surface area contributed by atoms with E-state index in [1.54, 1.807) is 4.90 Å². The van der Waals surface area contributed by atoms with Crippen LogP contribution in [0, 0.1) is 11.6 Å². The van der Waals surface area contributed by atoms with E-state index in [2.05, 4.69) is 26.5 Å². The van der Waals surface area contributed by atoms with Gasteiger partial charge < -0.3 is 20.6 Å². The molecule has 2 aliphatic heterocycles. The maximum Gasteiger partial charge on any atom is 0.246 e. The van der Waals surface area contributed by atoms with Crippen molar-refractivity contribution in [3.8, 4) is 11.3 Å². The minimum absolute atomic E-state index is 0.0209. The highest BCUT2D eigenvalue weighted by Crippen LogP contribution is 2.43. The molecule has 0 radical (unpaired) electrons. The van der Waals surface area contributed by atoms with Crippen LogP contribution in [0.4, 0.5) is 26.0 Å². The van der Waals surface area contributed by atoms with E-state index >= 15 is 8.78 Å².